The Bertz CT molecular complexity index is 779. The molecule has 0 amide bonds. The number of methoxy groups -OCH3 is 1. The van der Waals surface area contributed by atoms with E-state index in [9.17, 15) is 0 Å². The van der Waals surface area contributed by atoms with Crippen LogP contribution in [0.5, 0.6) is 11.5 Å². The molecule has 2 aliphatic rings. The molecule has 2 aromatic carbocycles. The Morgan fingerprint density at radius 2 is 1.81 bits per heavy atom. The van der Waals surface area contributed by atoms with E-state index >= 15 is 0 Å². The molecule has 1 aliphatic heterocycles. The largest absolute Gasteiger partial charge is 0.493 e. The van der Waals surface area contributed by atoms with Crippen molar-refractivity contribution in [3.05, 3.63) is 59.7 Å². The van der Waals surface area contributed by atoms with Crippen molar-refractivity contribution in [2.24, 2.45) is 5.16 Å². The molecular weight excluding hydrogens is 326 g/mol. The van der Waals surface area contributed by atoms with Crippen molar-refractivity contribution < 1.29 is 14.3 Å². The molecule has 1 aliphatic carbocycles. The fraction of sp³-hybridized carbons (Fsp3) is 0.409. The topological polar surface area (TPSA) is 40.0 Å². The Morgan fingerprint density at radius 1 is 1.00 bits per heavy atom. The molecule has 0 saturated heterocycles. The Hall–Kier alpha value is -2.49. The van der Waals surface area contributed by atoms with Crippen LogP contribution >= 0.6 is 0 Å². The lowest BCUT2D eigenvalue weighted by molar-refractivity contribution is -0.0449. The Labute approximate surface area is 154 Å². The smallest absolute Gasteiger partial charge is 0.162 e. The van der Waals surface area contributed by atoms with Gasteiger partial charge < -0.3 is 14.3 Å². The number of nitrogens with zero attached hydrogens (tertiary/aromatic N) is 1. The van der Waals surface area contributed by atoms with E-state index in [-0.39, 0.29) is 5.60 Å². The van der Waals surface area contributed by atoms with Gasteiger partial charge in [0.05, 0.1) is 12.8 Å². The maximum Gasteiger partial charge on any atom is 0.162 e. The molecule has 0 aromatic heterocycles. The SMILES string of the molecule is COc1ccc(C2=NOC3(CCCCC3)C2)cc1OCc1ccccc1. The zero-order chi connectivity index (χ0) is 17.8. The first-order valence-corrected chi connectivity index (χ1v) is 9.38. The number of rotatable bonds is 5. The molecule has 1 heterocycles. The van der Waals surface area contributed by atoms with E-state index in [2.05, 4.69) is 17.3 Å². The number of ether oxygens (including phenoxy) is 2. The molecule has 1 saturated carbocycles. The summed E-state index contributed by atoms with van der Waals surface area (Å²) in [6.07, 6.45) is 6.87. The molecule has 0 atom stereocenters. The maximum atomic E-state index is 6.03. The number of hydrogen-bond donors (Lipinski definition) is 0. The van der Waals surface area contributed by atoms with Gasteiger partial charge in [0.2, 0.25) is 0 Å². The fourth-order valence-corrected chi connectivity index (χ4v) is 3.84. The van der Waals surface area contributed by atoms with Gasteiger partial charge >= 0.3 is 0 Å². The molecule has 1 fully saturated rings. The Balaban J connectivity index is 1.51. The lowest BCUT2D eigenvalue weighted by Crippen LogP contribution is -2.31. The van der Waals surface area contributed by atoms with E-state index in [1.54, 1.807) is 7.11 Å². The van der Waals surface area contributed by atoms with Gasteiger partial charge in [-0.2, -0.15) is 0 Å². The zero-order valence-electron chi connectivity index (χ0n) is 15.2. The summed E-state index contributed by atoms with van der Waals surface area (Å²) >= 11 is 0. The molecule has 136 valence electrons. The zero-order valence-corrected chi connectivity index (χ0v) is 15.2. The van der Waals surface area contributed by atoms with Crippen LogP contribution in [0.4, 0.5) is 0 Å². The minimum Gasteiger partial charge on any atom is -0.493 e. The van der Waals surface area contributed by atoms with E-state index in [1.165, 1.54) is 19.3 Å². The predicted molar refractivity (Wildman–Crippen MR) is 102 cm³/mol. The van der Waals surface area contributed by atoms with E-state index in [4.69, 9.17) is 14.3 Å². The first kappa shape index (κ1) is 17.0. The van der Waals surface area contributed by atoms with Crippen LogP contribution in [0, 0.1) is 0 Å². The van der Waals surface area contributed by atoms with Crippen LogP contribution in [0.3, 0.4) is 0 Å². The number of benzene rings is 2. The van der Waals surface area contributed by atoms with Gasteiger partial charge in [0.25, 0.3) is 0 Å². The van der Waals surface area contributed by atoms with Crippen LogP contribution in [0.25, 0.3) is 0 Å². The van der Waals surface area contributed by atoms with Crippen molar-refractivity contribution in [1.29, 1.82) is 0 Å². The minimum absolute atomic E-state index is 0.0709. The maximum absolute atomic E-state index is 6.03. The van der Waals surface area contributed by atoms with Gasteiger partial charge in [0.15, 0.2) is 11.5 Å². The molecule has 1 spiro atoms. The summed E-state index contributed by atoms with van der Waals surface area (Å²) in [4.78, 5) is 5.89. The predicted octanol–water partition coefficient (Wildman–Crippen LogP) is 5.10. The van der Waals surface area contributed by atoms with E-state index in [1.807, 2.05) is 36.4 Å². The molecular formula is C22H25NO3. The standard InChI is InChI=1S/C22H25NO3/c1-24-20-11-10-18(14-21(20)25-16-17-8-4-2-5-9-17)19-15-22(26-23-19)12-6-3-7-13-22/h2,4-5,8-11,14H,3,6-7,12-13,15-16H2,1H3. The summed E-state index contributed by atoms with van der Waals surface area (Å²) in [5.41, 5.74) is 3.12. The highest BCUT2D eigenvalue weighted by Crippen LogP contribution is 2.40. The summed E-state index contributed by atoms with van der Waals surface area (Å²) < 4.78 is 11.5. The molecule has 2 aromatic rings. The first-order chi connectivity index (χ1) is 12.8. The van der Waals surface area contributed by atoms with Crippen LogP contribution in [0.2, 0.25) is 0 Å². The highest BCUT2D eigenvalue weighted by Gasteiger charge is 2.40. The Kier molecular flexibility index (Phi) is 4.83. The molecule has 26 heavy (non-hydrogen) atoms. The van der Waals surface area contributed by atoms with Gasteiger partial charge in [-0.1, -0.05) is 41.9 Å². The molecule has 0 radical (unpaired) electrons. The van der Waals surface area contributed by atoms with Gasteiger partial charge in [-0.15, -0.1) is 0 Å². The van der Waals surface area contributed by atoms with Crippen molar-refractivity contribution in [3.8, 4) is 11.5 Å². The second-order valence-electron chi connectivity index (χ2n) is 7.19. The third kappa shape index (κ3) is 3.55. The average molecular weight is 351 g/mol. The molecule has 0 N–H and O–H groups in total. The van der Waals surface area contributed by atoms with Crippen molar-refractivity contribution in [3.63, 3.8) is 0 Å². The molecule has 0 unspecified atom stereocenters. The highest BCUT2D eigenvalue weighted by molar-refractivity contribution is 6.02. The molecule has 4 rings (SSSR count). The monoisotopic (exact) mass is 351 g/mol. The van der Waals surface area contributed by atoms with Gasteiger partial charge in [0.1, 0.15) is 12.2 Å². The lowest BCUT2D eigenvalue weighted by Gasteiger charge is -2.30. The summed E-state index contributed by atoms with van der Waals surface area (Å²) in [7, 11) is 1.66. The van der Waals surface area contributed by atoms with E-state index < -0.39 is 0 Å². The highest BCUT2D eigenvalue weighted by atomic mass is 16.7. The van der Waals surface area contributed by atoms with E-state index in [0.717, 1.165) is 47.6 Å². The van der Waals surface area contributed by atoms with Crippen LogP contribution < -0.4 is 9.47 Å². The van der Waals surface area contributed by atoms with Crippen molar-refractivity contribution in [2.75, 3.05) is 7.11 Å². The van der Waals surface area contributed by atoms with Crippen LogP contribution in [0.1, 0.15) is 49.7 Å². The second kappa shape index (κ2) is 7.40. The van der Waals surface area contributed by atoms with Crippen LogP contribution in [-0.2, 0) is 11.4 Å². The minimum atomic E-state index is -0.0709. The number of hydrogen-bond acceptors (Lipinski definition) is 4. The van der Waals surface area contributed by atoms with Crippen molar-refractivity contribution >= 4 is 5.71 Å². The summed E-state index contributed by atoms with van der Waals surface area (Å²) in [6.45, 7) is 0.508. The van der Waals surface area contributed by atoms with Gasteiger partial charge in [-0.05, 0) is 49.4 Å². The molecule has 0 bridgehead atoms. The lowest BCUT2D eigenvalue weighted by atomic mass is 9.81. The summed E-state index contributed by atoms with van der Waals surface area (Å²) in [5.74, 6) is 1.47. The van der Waals surface area contributed by atoms with Crippen LogP contribution in [0.15, 0.2) is 53.7 Å². The van der Waals surface area contributed by atoms with Gasteiger partial charge in [-0.25, -0.2) is 0 Å². The van der Waals surface area contributed by atoms with Crippen molar-refractivity contribution in [2.45, 2.75) is 50.7 Å². The molecule has 4 nitrogen and oxygen atoms in total. The van der Waals surface area contributed by atoms with Crippen LogP contribution in [-0.4, -0.2) is 18.4 Å². The Morgan fingerprint density at radius 3 is 2.58 bits per heavy atom. The second-order valence-corrected chi connectivity index (χ2v) is 7.19. The first-order valence-electron chi connectivity index (χ1n) is 9.38. The quantitative estimate of drug-likeness (QED) is 0.752. The van der Waals surface area contributed by atoms with E-state index in [0.29, 0.717) is 6.61 Å². The number of oxime groups is 1. The third-order valence-corrected chi connectivity index (χ3v) is 5.34. The van der Waals surface area contributed by atoms with Gasteiger partial charge in [0, 0.05) is 12.0 Å². The van der Waals surface area contributed by atoms with Gasteiger partial charge in [-0.3, -0.25) is 0 Å². The summed E-state index contributed by atoms with van der Waals surface area (Å²) in [6, 6.07) is 16.1. The normalized spacial score (nSPS) is 18.3. The summed E-state index contributed by atoms with van der Waals surface area (Å²) in [5, 5.41) is 4.42. The molecule has 4 heteroatoms. The average Bonchev–Trinajstić information content (AvgIpc) is 3.10. The van der Waals surface area contributed by atoms with Crippen molar-refractivity contribution in [1.82, 2.24) is 0 Å². The third-order valence-electron chi connectivity index (χ3n) is 5.34. The fourth-order valence-electron chi connectivity index (χ4n) is 3.84.